The second-order valence-electron chi connectivity index (χ2n) is 7.02. The summed E-state index contributed by atoms with van der Waals surface area (Å²) >= 11 is 0. The van der Waals surface area contributed by atoms with Crippen LogP contribution in [-0.2, 0) is 14.3 Å². The average molecular weight is 408 g/mol. The number of ether oxygens (including phenoxy) is 1. The Morgan fingerprint density at radius 3 is 2.73 bits per heavy atom. The Bertz CT molecular complexity index is 1010. The van der Waals surface area contributed by atoms with Crippen LogP contribution in [-0.4, -0.2) is 43.0 Å². The molecule has 30 heavy (non-hydrogen) atoms. The lowest BCUT2D eigenvalue weighted by molar-refractivity contribution is -0.123. The minimum Gasteiger partial charge on any atom is -0.452 e. The molecule has 2 aliphatic heterocycles. The van der Waals surface area contributed by atoms with Gasteiger partial charge < -0.3 is 20.3 Å². The quantitative estimate of drug-likeness (QED) is 0.667. The zero-order chi connectivity index (χ0) is 21.1. The number of rotatable bonds is 4. The largest absolute Gasteiger partial charge is 0.452 e. The van der Waals surface area contributed by atoms with Gasteiger partial charge in [0, 0.05) is 12.2 Å². The summed E-state index contributed by atoms with van der Waals surface area (Å²) in [6.07, 6.45) is 1.75. The standard InChI is InChI=1S/C21H20N4O5/c26-18(24-21(29)22-14-5-2-1-3-6-14)12-30-20(28)13-8-9-16-15(11-13)23-19(27)17-7-4-10-25(16)17/h1-3,5-6,8-9,11,17H,4,7,10,12H2,(H,23,27)(H2,22,24,26,29)/t17-/m0/s1. The SMILES string of the molecule is O=C(COC(=O)c1ccc2c(c1)NC(=O)[C@@H]1CCCN21)NC(=O)Nc1ccccc1. The minimum absolute atomic E-state index is 0.0886. The van der Waals surface area contributed by atoms with Crippen molar-refractivity contribution in [2.24, 2.45) is 0 Å². The van der Waals surface area contributed by atoms with Crippen molar-refractivity contribution in [3.8, 4) is 0 Å². The summed E-state index contributed by atoms with van der Waals surface area (Å²) in [5.41, 5.74) is 2.13. The van der Waals surface area contributed by atoms with E-state index in [-0.39, 0.29) is 17.5 Å². The number of nitrogens with one attached hydrogen (secondary N) is 3. The highest BCUT2D eigenvalue weighted by Gasteiger charge is 2.36. The number of carbonyl (C=O) groups excluding carboxylic acids is 4. The molecule has 2 aromatic rings. The Hall–Kier alpha value is -3.88. The van der Waals surface area contributed by atoms with Crippen molar-refractivity contribution in [3.05, 3.63) is 54.1 Å². The topological polar surface area (TPSA) is 117 Å². The van der Waals surface area contributed by atoms with Gasteiger partial charge in [-0.1, -0.05) is 18.2 Å². The van der Waals surface area contributed by atoms with E-state index in [2.05, 4.69) is 16.0 Å². The van der Waals surface area contributed by atoms with Crippen LogP contribution < -0.4 is 20.9 Å². The van der Waals surface area contributed by atoms with Crippen molar-refractivity contribution in [1.82, 2.24) is 5.32 Å². The Kier molecular flexibility index (Phi) is 5.34. The molecule has 2 aliphatic rings. The van der Waals surface area contributed by atoms with Crippen LogP contribution in [0, 0.1) is 0 Å². The second-order valence-corrected chi connectivity index (χ2v) is 7.02. The van der Waals surface area contributed by atoms with Gasteiger partial charge in [0.1, 0.15) is 6.04 Å². The summed E-state index contributed by atoms with van der Waals surface area (Å²) in [7, 11) is 0. The van der Waals surface area contributed by atoms with Crippen LogP contribution in [0.2, 0.25) is 0 Å². The van der Waals surface area contributed by atoms with Gasteiger partial charge in [0.05, 0.1) is 16.9 Å². The molecule has 0 saturated carbocycles. The number of esters is 1. The van der Waals surface area contributed by atoms with Crippen LogP contribution in [0.5, 0.6) is 0 Å². The van der Waals surface area contributed by atoms with Gasteiger partial charge in [-0.05, 0) is 43.2 Å². The van der Waals surface area contributed by atoms with E-state index in [0.717, 1.165) is 25.1 Å². The summed E-state index contributed by atoms with van der Waals surface area (Å²) in [6, 6.07) is 12.6. The maximum atomic E-state index is 12.3. The number of hydrogen-bond acceptors (Lipinski definition) is 6. The first kappa shape index (κ1) is 19.4. The molecule has 0 bridgehead atoms. The number of nitrogens with zero attached hydrogens (tertiary/aromatic N) is 1. The van der Waals surface area contributed by atoms with E-state index in [4.69, 9.17) is 4.74 Å². The van der Waals surface area contributed by atoms with Crippen molar-refractivity contribution in [1.29, 1.82) is 0 Å². The average Bonchev–Trinajstić information content (AvgIpc) is 3.23. The third-order valence-electron chi connectivity index (χ3n) is 4.97. The molecule has 0 aromatic heterocycles. The highest BCUT2D eigenvalue weighted by Crippen LogP contribution is 2.37. The van der Waals surface area contributed by atoms with Gasteiger partial charge in [0.15, 0.2) is 6.61 Å². The first-order chi connectivity index (χ1) is 14.5. The minimum atomic E-state index is -0.761. The number of urea groups is 1. The van der Waals surface area contributed by atoms with Crippen molar-refractivity contribution in [3.63, 3.8) is 0 Å². The Morgan fingerprint density at radius 2 is 1.93 bits per heavy atom. The number of imide groups is 1. The highest BCUT2D eigenvalue weighted by molar-refractivity contribution is 6.06. The van der Waals surface area contributed by atoms with E-state index in [1.165, 1.54) is 6.07 Å². The summed E-state index contributed by atoms with van der Waals surface area (Å²) in [4.78, 5) is 50.2. The zero-order valence-electron chi connectivity index (χ0n) is 16.0. The van der Waals surface area contributed by atoms with Crippen molar-refractivity contribution in [2.45, 2.75) is 18.9 Å². The van der Waals surface area contributed by atoms with Gasteiger partial charge in [0.25, 0.3) is 5.91 Å². The molecule has 1 fully saturated rings. The number of carbonyl (C=O) groups is 4. The number of para-hydroxylation sites is 1. The molecule has 0 spiro atoms. The van der Waals surface area contributed by atoms with E-state index < -0.39 is 24.5 Å². The Labute approximate surface area is 172 Å². The zero-order valence-corrected chi connectivity index (χ0v) is 16.0. The van der Waals surface area contributed by atoms with Gasteiger partial charge in [0.2, 0.25) is 5.91 Å². The smallest absolute Gasteiger partial charge is 0.338 e. The van der Waals surface area contributed by atoms with Crippen LogP contribution in [0.3, 0.4) is 0 Å². The number of fused-ring (bicyclic) bond motifs is 3. The van der Waals surface area contributed by atoms with Gasteiger partial charge in [-0.2, -0.15) is 0 Å². The molecule has 9 heteroatoms. The fourth-order valence-electron chi connectivity index (χ4n) is 3.62. The summed E-state index contributed by atoms with van der Waals surface area (Å²) in [5.74, 6) is -1.58. The van der Waals surface area contributed by atoms with Crippen LogP contribution in [0.25, 0.3) is 0 Å². The van der Waals surface area contributed by atoms with Crippen LogP contribution in [0.4, 0.5) is 21.9 Å². The Morgan fingerprint density at radius 1 is 1.13 bits per heavy atom. The number of hydrogen-bond donors (Lipinski definition) is 3. The number of amides is 4. The lowest BCUT2D eigenvalue weighted by atomic mass is 10.1. The number of anilines is 3. The summed E-state index contributed by atoms with van der Waals surface area (Å²) in [5, 5.41) is 7.40. The molecular weight excluding hydrogens is 388 g/mol. The molecule has 0 aliphatic carbocycles. The van der Waals surface area contributed by atoms with E-state index in [1.807, 2.05) is 4.90 Å². The molecule has 4 rings (SSSR count). The summed E-state index contributed by atoms with van der Waals surface area (Å²) < 4.78 is 4.99. The maximum Gasteiger partial charge on any atom is 0.338 e. The molecule has 0 unspecified atom stereocenters. The van der Waals surface area contributed by atoms with Crippen LogP contribution in [0.15, 0.2) is 48.5 Å². The first-order valence-electron chi connectivity index (χ1n) is 9.56. The normalized spacial score (nSPS) is 16.7. The van der Waals surface area contributed by atoms with Crippen LogP contribution >= 0.6 is 0 Å². The lowest BCUT2D eigenvalue weighted by Gasteiger charge is -2.33. The molecule has 4 amide bonds. The van der Waals surface area contributed by atoms with Gasteiger partial charge in [-0.3, -0.25) is 14.9 Å². The highest BCUT2D eigenvalue weighted by atomic mass is 16.5. The fourth-order valence-corrected chi connectivity index (χ4v) is 3.62. The Balaban J connectivity index is 1.32. The first-order valence-corrected chi connectivity index (χ1v) is 9.56. The predicted octanol–water partition coefficient (Wildman–Crippen LogP) is 2.11. The third-order valence-corrected chi connectivity index (χ3v) is 4.97. The molecule has 2 heterocycles. The van der Waals surface area contributed by atoms with Crippen molar-refractivity contribution < 1.29 is 23.9 Å². The lowest BCUT2D eigenvalue weighted by Crippen LogP contribution is -2.43. The molecule has 1 atom stereocenters. The molecular formula is C21H20N4O5. The molecule has 154 valence electrons. The fraction of sp³-hybridized carbons (Fsp3) is 0.238. The van der Waals surface area contributed by atoms with Gasteiger partial charge >= 0.3 is 12.0 Å². The molecule has 0 radical (unpaired) electrons. The third kappa shape index (κ3) is 4.09. The molecule has 1 saturated heterocycles. The molecule has 2 aromatic carbocycles. The monoisotopic (exact) mass is 408 g/mol. The second kappa shape index (κ2) is 8.24. The van der Waals surface area contributed by atoms with Crippen molar-refractivity contribution in [2.75, 3.05) is 28.7 Å². The van der Waals surface area contributed by atoms with Gasteiger partial charge in [-0.25, -0.2) is 9.59 Å². The number of benzene rings is 2. The van der Waals surface area contributed by atoms with E-state index >= 15 is 0 Å². The van der Waals surface area contributed by atoms with E-state index in [0.29, 0.717) is 11.4 Å². The van der Waals surface area contributed by atoms with E-state index in [1.54, 1.807) is 42.5 Å². The van der Waals surface area contributed by atoms with Gasteiger partial charge in [-0.15, -0.1) is 0 Å². The molecule has 3 N–H and O–H groups in total. The predicted molar refractivity (Wildman–Crippen MR) is 109 cm³/mol. The maximum absolute atomic E-state index is 12.3. The molecule has 9 nitrogen and oxygen atoms in total. The van der Waals surface area contributed by atoms with E-state index in [9.17, 15) is 19.2 Å². The van der Waals surface area contributed by atoms with Crippen LogP contribution in [0.1, 0.15) is 23.2 Å². The van der Waals surface area contributed by atoms with Crippen molar-refractivity contribution >= 4 is 40.9 Å². The summed E-state index contributed by atoms with van der Waals surface area (Å²) in [6.45, 7) is 0.179.